The fourth-order valence-corrected chi connectivity index (χ4v) is 3.57. The zero-order chi connectivity index (χ0) is 24.0. The Morgan fingerprint density at radius 2 is 1.85 bits per heavy atom. The van der Waals surface area contributed by atoms with Crippen LogP contribution in [-0.2, 0) is 0 Å². The molecule has 1 aromatic heterocycles. The number of aryl methyl sites for hydroxylation is 1. The second-order valence-corrected chi connectivity index (χ2v) is 8.62. The Balaban J connectivity index is 1.92. The molecule has 0 amide bonds. The summed E-state index contributed by atoms with van der Waals surface area (Å²) >= 11 is 3.45. The average Bonchev–Trinajstić information content (AvgIpc) is 2.72. The first kappa shape index (κ1) is 24.8. The summed E-state index contributed by atoms with van der Waals surface area (Å²) in [5, 5.41) is 6.49. The number of nitrogens with one attached hydrogen (secondary N) is 2. The SMILES string of the molecule is Cc1cc(Br)ccc1Nc1cc(-c2cccc(OC(F)(F)F)c2)nc(NCCCN(C)C)n1. The van der Waals surface area contributed by atoms with Crippen molar-refractivity contribution in [2.24, 2.45) is 0 Å². The fraction of sp³-hybridized carbons (Fsp3) is 0.304. The summed E-state index contributed by atoms with van der Waals surface area (Å²) in [4.78, 5) is 11.1. The highest BCUT2D eigenvalue weighted by Crippen LogP contribution is 2.30. The molecule has 0 atom stereocenters. The lowest BCUT2D eigenvalue weighted by molar-refractivity contribution is -0.274. The summed E-state index contributed by atoms with van der Waals surface area (Å²) in [5.74, 6) is 0.589. The summed E-state index contributed by atoms with van der Waals surface area (Å²) in [6.07, 6.45) is -3.89. The van der Waals surface area contributed by atoms with E-state index in [2.05, 4.69) is 46.2 Å². The van der Waals surface area contributed by atoms with Gasteiger partial charge in [-0.15, -0.1) is 13.2 Å². The van der Waals surface area contributed by atoms with E-state index in [-0.39, 0.29) is 5.75 Å². The van der Waals surface area contributed by atoms with Crippen LogP contribution >= 0.6 is 15.9 Å². The first-order valence-corrected chi connectivity index (χ1v) is 11.1. The molecule has 0 aliphatic heterocycles. The van der Waals surface area contributed by atoms with Crippen LogP contribution in [0.15, 0.2) is 53.0 Å². The highest BCUT2D eigenvalue weighted by Gasteiger charge is 2.31. The van der Waals surface area contributed by atoms with Crippen LogP contribution in [0.5, 0.6) is 5.75 Å². The van der Waals surface area contributed by atoms with Crippen molar-refractivity contribution in [3.63, 3.8) is 0 Å². The average molecular weight is 524 g/mol. The summed E-state index contributed by atoms with van der Waals surface area (Å²) in [6.45, 7) is 3.51. The lowest BCUT2D eigenvalue weighted by atomic mass is 10.1. The second kappa shape index (κ2) is 10.8. The molecule has 6 nitrogen and oxygen atoms in total. The number of aromatic nitrogens is 2. The molecule has 0 fully saturated rings. The maximum atomic E-state index is 12.7. The number of hydrogen-bond donors (Lipinski definition) is 2. The van der Waals surface area contributed by atoms with Crippen LogP contribution in [0.4, 0.5) is 30.6 Å². The fourth-order valence-electron chi connectivity index (χ4n) is 3.09. The van der Waals surface area contributed by atoms with Crippen LogP contribution in [0.2, 0.25) is 0 Å². The Kier molecular flexibility index (Phi) is 8.15. The maximum absolute atomic E-state index is 12.7. The van der Waals surface area contributed by atoms with Gasteiger partial charge in [-0.3, -0.25) is 0 Å². The van der Waals surface area contributed by atoms with Gasteiger partial charge in [-0.2, -0.15) is 4.98 Å². The summed E-state index contributed by atoms with van der Waals surface area (Å²) in [6, 6.07) is 13.2. The molecule has 0 spiro atoms. The number of halogens is 4. The normalized spacial score (nSPS) is 11.5. The van der Waals surface area contributed by atoms with E-state index in [1.165, 1.54) is 18.2 Å². The molecule has 2 aromatic carbocycles. The van der Waals surface area contributed by atoms with Crippen LogP contribution in [0.3, 0.4) is 0 Å². The van der Waals surface area contributed by atoms with E-state index >= 15 is 0 Å². The Bertz CT molecular complexity index is 1090. The monoisotopic (exact) mass is 523 g/mol. The number of hydrogen-bond acceptors (Lipinski definition) is 6. The molecule has 0 unspecified atom stereocenters. The minimum Gasteiger partial charge on any atom is -0.406 e. The maximum Gasteiger partial charge on any atom is 0.573 e. The van der Waals surface area contributed by atoms with Crippen molar-refractivity contribution in [1.29, 1.82) is 0 Å². The third-order valence-electron chi connectivity index (χ3n) is 4.61. The van der Waals surface area contributed by atoms with E-state index in [1.54, 1.807) is 12.1 Å². The third kappa shape index (κ3) is 7.90. The van der Waals surface area contributed by atoms with Crippen LogP contribution in [-0.4, -0.2) is 48.4 Å². The topological polar surface area (TPSA) is 62.3 Å². The summed E-state index contributed by atoms with van der Waals surface area (Å²) in [7, 11) is 3.99. The van der Waals surface area contributed by atoms with Gasteiger partial charge in [-0.1, -0.05) is 28.1 Å². The molecule has 0 radical (unpaired) electrons. The highest BCUT2D eigenvalue weighted by atomic mass is 79.9. The van der Waals surface area contributed by atoms with Gasteiger partial charge in [0.2, 0.25) is 5.95 Å². The van der Waals surface area contributed by atoms with Crippen LogP contribution in [0.1, 0.15) is 12.0 Å². The van der Waals surface area contributed by atoms with Gasteiger partial charge in [0.1, 0.15) is 11.6 Å². The smallest absolute Gasteiger partial charge is 0.406 e. The molecule has 0 aliphatic rings. The molecule has 0 saturated carbocycles. The van der Waals surface area contributed by atoms with Gasteiger partial charge in [0.25, 0.3) is 0 Å². The van der Waals surface area contributed by atoms with E-state index < -0.39 is 6.36 Å². The summed E-state index contributed by atoms with van der Waals surface area (Å²) < 4.78 is 43.0. The van der Waals surface area contributed by atoms with Crippen molar-refractivity contribution in [2.45, 2.75) is 19.7 Å². The molecule has 0 bridgehead atoms. The van der Waals surface area contributed by atoms with Crippen molar-refractivity contribution in [3.05, 3.63) is 58.6 Å². The lowest BCUT2D eigenvalue weighted by Crippen LogP contribution is -2.17. The number of benzene rings is 2. The number of nitrogens with zero attached hydrogens (tertiary/aromatic N) is 3. The zero-order valence-corrected chi connectivity index (χ0v) is 20.1. The summed E-state index contributed by atoms with van der Waals surface area (Å²) in [5.41, 5.74) is 2.80. The number of ether oxygens (including phenoxy) is 1. The predicted molar refractivity (Wildman–Crippen MR) is 128 cm³/mol. The first-order valence-electron chi connectivity index (χ1n) is 10.3. The number of rotatable bonds is 9. The van der Waals surface area contributed by atoms with E-state index in [0.29, 0.717) is 29.6 Å². The van der Waals surface area contributed by atoms with Gasteiger partial charge < -0.3 is 20.3 Å². The third-order valence-corrected chi connectivity index (χ3v) is 5.10. The Morgan fingerprint density at radius 3 is 2.55 bits per heavy atom. The van der Waals surface area contributed by atoms with Gasteiger partial charge in [0.15, 0.2) is 0 Å². The van der Waals surface area contributed by atoms with Crippen molar-refractivity contribution in [3.8, 4) is 17.0 Å². The van der Waals surface area contributed by atoms with E-state index in [4.69, 9.17) is 0 Å². The van der Waals surface area contributed by atoms with Gasteiger partial charge in [0, 0.05) is 28.3 Å². The molecule has 3 aromatic rings. The molecular formula is C23H25BrF3N5O. The van der Waals surface area contributed by atoms with E-state index in [1.807, 2.05) is 39.2 Å². The molecule has 10 heteroatoms. The molecule has 33 heavy (non-hydrogen) atoms. The molecule has 0 aliphatic carbocycles. The molecule has 1 heterocycles. The van der Waals surface area contributed by atoms with Crippen molar-refractivity contribution in [1.82, 2.24) is 14.9 Å². The number of anilines is 3. The van der Waals surface area contributed by atoms with E-state index in [0.717, 1.165) is 28.7 Å². The van der Waals surface area contributed by atoms with Crippen LogP contribution in [0.25, 0.3) is 11.3 Å². The quantitative estimate of drug-likeness (QED) is 0.324. The molecule has 2 N–H and O–H groups in total. The Labute approximate surface area is 199 Å². The highest BCUT2D eigenvalue weighted by molar-refractivity contribution is 9.10. The molecule has 3 rings (SSSR count). The Hall–Kier alpha value is -2.85. The van der Waals surface area contributed by atoms with Crippen LogP contribution in [0, 0.1) is 6.92 Å². The number of alkyl halides is 3. The first-order chi connectivity index (χ1) is 15.6. The Morgan fingerprint density at radius 1 is 1.06 bits per heavy atom. The second-order valence-electron chi connectivity index (χ2n) is 7.71. The zero-order valence-electron chi connectivity index (χ0n) is 18.5. The minimum atomic E-state index is -4.77. The molecule has 0 saturated heterocycles. The van der Waals surface area contributed by atoms with Crippen molar-refractivity contribution in [2.75, 3.05) is 37.8 Å². The van der Waals surface area contributed by atoms with Crippen molar-refractivity contribution >= 4 is 33.4 Å². The van der Waals surface area contributed by atoms with E-state index in [9.17, 15) is 13.2 Å². The van der Waals surface area contributed by atoms with Crippen molar-refractivity contribution < 1.29 is 17.9 Å². The van der Waals surface area contributed by atoms with Crippen LogP contribution < -0.4 is 15.4 Å². The predicted octanol–water partition coefficient (Wildman–Crippen LogP) is 6.22. The molecule has 176 valence electrons. The van der Waals surface area contributed by atoms with Gasteiger partial charge in [0.05, 0.1) is 5.69 Å². The largest absolute Gasteiger partial charge is 0.573 e. The molecular weight excluding hydrogens is 499 g/mol. The van der Waals surface area contributed by atoms with Gasteiger partial charge in [-0.25, -0.2) is 4.98 Å². The van der Waals surface area contributed by atoms with Gasteiger partial charge >= 0.3 is 6.36 Å². The standard InChI is InChI=1S/C23H25BrF3N5O/c1-15-12-17(24)8-9-19(15)29-21-14-20(30-22(31-21)28-10-5-11-32(2)3)16-6-4-7-18(13-16)33-23(25,26)27/h4,6-9,12-14H,5,10-11H2,1-3H3,(H2,28,29,30,31). The lowest BCUT2D eigenvalue weighted by Gasteiger charge is -2.14. The minimum absolute atomic E-state index is 0.308. The van der Waals surface area contributed by atoms with Gasteiger partial charge in [-0.05, 0) is 69.9 Å².